The van der Waals surface area contributed by atoms with Gasteiger partial charge < -0.3 is 0 Å². The normalized spacial score (nSPS) is 11.3. The Balaban J connectivity index is 3.04. The van der Waals surface area contributed by atoms with Crippen molar-refractivity contribution in [3.63, 3.8) is 0 Å². The first kappa shape index (κ1) is 12.6. The van der Waals surface area contributed by atoms with Crippen molar-refractivity contribution in [3.05, 3.63) is 34.4 Å². The van der Waals surface area contributed by atoms with Gasteiger partial charge in [0.15, 0.2) is 0 Å². The Morgan fingerprint density at radius 2 is 2.12 bits per heavy atom. The molecule has 1 aromatic rings. The molecule has 0 bridgehead atoms. The SMILES string of the molecule is CCCNS(=O)(=O)c1cccc([N+](=O)[O-])c1. The minimum atomic E-state index is -3.63. The fourth-order valence-electron chi connectivity index (χ4n) is 1.08. The highest BCUT2D eigenvalue weighted by atomic mass is 32.2. The quantitative estimate of drug-likeness (QED) is 0.624. The first-order valence-electron chi connectivity index (χ1n) is 4.71. The molecule has 1 N–H and O–H groups in total. The molecule has 0 radical (unpaired) electrons. The van der Waals surface area contributed by atoms with Crippen LogP contribution in [0.4, 0.5) is 5.69 Å². The van der Waals surface area contributed by atoms with Crippen molar-refractivity contribution in [2.24, 2.45) is 0 Å². The van der Waals surface area contributed by atoms with Crippen molar-refractivity contribution in [2.75, 3.05) is 6.54 Å². The van der Waals surface area contributed by atoms with E-state index in [0.717, 1.165) is 6.07 Å². The molecule has 1 aromatic carbocycles. The summed E-state index contributed by atoms with van der Waals surface area (Å²) in [5, 5.41) is 10.5. The van der Waals surface area contributed by atoms with Gasteiger partial charge in [-0.05, 0) is 12.5 Å². The highest BCUT2D eigenvalue weighted by Crippen LogP contribution is 2.16. The molecule has 7 heteroatoms. The zero-order chi connectivity index (χ0) is 12.2. The molecular weight excluding hydrogens is 232 g/mol. The van der Waals surface area contributed by atoms with Crippen molar-refractivity contribution in [2.45, 2.75) is 18.2 Å². The molecule has 16 heavy (non-hydrogen) atoms. The fraction of sp³-hybridized carbons (Fsp3) is 0.333. The highest BCUT2D eigenvalue weighted by Gasteiger charge is 2.16. The average molecular weight is 244 g/mol. The van der Waals surface area contributed by atoms with Gasteiger partial charge in [-0.25, -0.2) is 13.1 Å². The third kappa shape index (κ3) is 3.01. The Morgan fingerprint density at radius 3 is 2.69 bits per heavy atom. The van der Waals surface area contributed by atoms with Crippen LogP contribution in [0.25, 0.3) is 0 Å². The monoisotopic (exact) mass is 244 g/mol. The molecule has 0 saturated carbocycles. The van der Waals surface area contributed by atoms with Gasteiger partial charge in [-0.15, -0.1) is 0 Å². The van der Waals surface area contributed by atoms with Gasteiger partial charge in [0.1, 0.15) is 0 Å². The summed E-state index contributed by atoms with van der Waals surface area (Å²) in [4.78, 5) is 9.77. The van der Waals surface area contributed by atoms with Crippen molar-refractivity contribution >= 4 is 15.7 Å². The van der Waals surface area contributed by atoms with Crippen molar-refractivity contribution in [1.29, 1.82) is 0 Å². The molecule has 0 aliphatic heterocycles. The Morgan fingerprint density at radius 1 is 1.44 bits per heavy atom. The van der Waals surface area contributed by atoms with Gasteiger partial charge in [-0.1, -0.05) is 13.0 Å². The third-order valence-electron chi connectivity index (χ3n) is 1.88. The Kier molecular flexibility index (Phi) is 3.97. The van der Waals surface area contributed by atoms with E-state index in [1.165, 1.54) is 18.2 Å². The number of nitro benzene ring substituents is 1. The van der Waals surface area contributed by atoms with Crippen LogP contribution >= 0.6 is 0 Å². The summed E-state index contributed by atoms with van der Waals surface area (Å²) in [6.07, 6.45) is 0.661. The summed E-state index contributed by atoms with van der Waals surface area (Å²) in [5.41, 5.74) is -0.237. The number of rotatable bonds is 5. The van der Waals surface area contributed by atoms with Crippen LogP contribution in [0.5, 0.6) is 0 Å². The second-order valence-corrected chi connectivity index (χ2v) is 4.92. The van der Waals surface area contributed by atoms with Crippen LogP contribution in [-0.4, -0.2) is 19.9 Å². The maximum Gasteiger partial charge on any atom is 0.270 e. The van der Waals surface area contributed by atoms with Gasteiger partial charge in [-0.3, -0.25) is 10.1 Å². The molecule has 88 valence electrons. The molecule has 1 rings (SSSR count). The number of benzene rings is 1. The van der Waals surface area contributed by atoms with Gasteiger partial charge in [-0.2, -0.15) is 0 Å². The van der Waals surface area contributed by atoms with Crippen molar-refractivity contribution < 1.29 is 13.3 Å². The molecule has 0 aromatic heterocycles. The lowest BCUT2D eigenvalue weighted by molar-refractivity contribution is -0.385. The molecular formula is C9H12N2O4S. The maximum absolute atomic E-state index is 11.6. The predicted octanol–water partition coefficient (Wildman–Crippen LogP) is 1.28. The number of nitrogens with zero attached hydrogens (tertiary/aromatic N) is 1. The fourth-order valence-corrected chi connectivity index (χ4v) is 2.26. The molecule has 0 spiro atoms. The molecule has 0 amide bonds. The number of hydrogen-bond acceptors (Lipinski definition) is 4. The average Bonchev–Trinajstić information content (AvgIpc) is 2.26. The first-order chi connectivity index (χ1) is 7.47. The summed E-state index contributed by atoms with van der Waals surface area (Å²) in [6, 6.07) is 4.96. The number of non-ortho nitro benzene ring substituents is 1. The maximum atomic E-state index is 11.6. The van der Waals surface area contributed by atoms with Crippen LogP contribution in [0.3, 0.4) is 0 Å². The number of sulfonamides is 1. The summed E-state index contributed by atoms with van der Waals surface area (Å²) in [5.74, 6) is 0. The first-order valence-corrected chi connectivity index (χ1v) is 6.20. The summed E-state index contributed by atoms with van der Waals surface area (Å²) < 4.78 is 25.6. The lowest BCUT2D eigenvalue weighted by Crippen LogP contribution is -2.24. The summed E-state index contributed by atoms with van der Waals surface area (Å²) in [6.45, 7) is 2.14. The van der Waals surface area contributed by atoms with Gasteiger partial charge >= 0.3 is 0 Å². The molecule has 0 unspecified atom stereocenters. The van der Waals surface area contributed by atoms with Crippen molar-refractivity contribution in [3.8, 4) is 0 Å². The molecule has 0 aliphatic rings. The topological polar surface area (TPSA) is 89.3 Å². The smallest absolute Gasteiger partial charge is 0.258 e. The van der Waals surface area contributed by atoms with Crippen LogP contribution in [0, 0.1) is 10.1 Å². The summed E-state index contributed by atoms with van der Waals surface area (Å²) >= 11 is 0. The standard InChI is InChI=1S/C9H12N2O4S/c1-2-6-10-16(14,15)9-5-3-4-8(7-9)11(12)13/h3-5,7,10H,2,6H2,1H3. The van der Waals surface area contributed by atoms with Crippen LogP contribution in [0.15, 0.2) is 29.2 Å². The minimum Gasteiger partial charge on any atom is -0.258 e. The lowest BCUT2D eigenvalue weighted by Gasteiger charge is -2.04. The predicted molar refractivity (Wildman–Crippen MR) is 58.6 cm³/mol. The van der Waals surface area contributed by atoms with Gasteiger partial charge in [0.2, 0.25) is 10.0 Å². The number of nitro groups is 1. The highest BCUT2D eigenvalue weighted by molar-refractivity contribution is 7.89. The van der Waals surface area contributed by atoms with E-state index < -0.39 is 14.9 Å². The van der Waals surface area contributed by atoms with Crippen LogP contribution in [-0.2, 0) is 10.0 Å². The van der Waals surface area contributed by atoms with Crippen LogP contribution < -0.4 is 4.72 Å². The van der Waals surface area contributed by atoms with Gasteiger partial charge in [0, 0.05) is 18.7 Å². The number of hydrogen-bond donors (Lipinski definition) is 1. The molecule has 6 nitrogen and oxygen atoms in total. The Labute approximate surface area is 93.5 Å². The van der Waals surface area contributed by atoms with E-state index in [4.69, 9.17) is 0 Å². The molecule has 0 saturated heterocycles. The van der Waals surface area contributed by atoms with Gasteiger partial charge in [0.25, 0.3) is 5.69 Å². The Bertz CT molecular complexity index is 484. The zero-order valence-electron chi connectivity index (χ0n) is 8.71. The van der Waals surface area contributed by atoms with Crippen LogP contribution in [0.2, 0.25) is 0 Å². The molecule has 0 fully saturated rings. The van der Waals surface area contributed by atoms with E-state index in [2.05, 4.69) is 4.72 Å². The molecule has 0 aliphatic carbocycles. The lowest BCUT2D eigenvalue weighted by atomic mass is 10.3. The minimum absolute atomic E-state index is 0.0878. The van der Waals surface area contributed by atoms with Crippen molar-refractivity contribution in [1.82, 2.24) is 4.72 Å². The third-order valence-corrected chi connectivity index (χ3v) is 3.34. The Hall–Kier alpha value is -1.47. The molecule has 0 heterocycles. The van der Waals surface area contributed by atoms with Crippen LogP contribution in [0.1, 0.15) is 13.3 Å². The zero-order valence-corrected chi connectivity index (χ0v) is 9.53. The van der Waals surface area contributed by atoms with E-state index in [1.807, 2.05) is 6.92 Å². The van der Waals surface area contributed by atoms with E-state index >= 15 is 0 Å². The van der Waals surface area contributed by atoms with E-state index in [1.54, 1.807) is 0 Å². The second-order valence-electron chi connectivity index (χ2n) is 3.15. The van der Waals surface area contributed by atoms with E-state index in [9.17, 15) is 18.5 Å². The van der Waals surface area contributed by atoms with E-state index in [-0.39, 0.29) is 10.6 Å². The van der Waals surface area contributed by atoms with E-state index in [0.29, 0.717) is 13.0 Å². The molecule has 0 atom stereocenters. The summed E-state index contributed by atoms with van der Waals surface area (Å²) in [7, 11) is -3.63. The second kappa shape index (κ2) is 5.04. The van der Waals surface area contributed by atoms with Gasteiger partial charge in [0.05, 0.1) is 9.82 Å². The number of nitrogens with one attached hydrogen (secondary N) is 1. The largest absolute Gasteiger partial charge is 0.270 e.